The third-order valence-corrected chi connectivity index (χ3v) is 10.1. The lowest BCUT2D eigenvalue weighted by atomic mass is 9.99. The van der Waals surface area contributed by atoms with E-state index in [1.54, 1.807) is 0 Å². The fourth-order valence-electron chi connectivity index (χ4n) is 6.73. The summed E-state index contributed by atoms with van der Waals surface area (Å²) in [6, 6.07) is -0.810. The van der Waals surface area contributed by atoms with Crippen molar-refractivity contribution >= 4 is 5.91 Å². The van der Waals surface area contributed by atoms with Crippen LogP contribution in [-0.4, -0.2) is 46.1 Å². The number of unbranched alkanes of at least 4 members (excludes halogenated alkanes) is 29. The van der Waals surface area contributed by atoms with Crippen molar-refractivity contribution in [2.45, 2.75) is 250 Å². The smallest absolute Gasteiger partial charge is 0.220 e. The number of carbonyl (C=O) groups excluding carboxylic acids is 1. The van der Waals surface area contributed by atoms with Crippen molar-refractivity contribution in [2.75, 3.05) is 6.61 Å². The van der Waals surface area contributed by atoms with Crippen molar-refractivity contribution < 1.29 is 20.1 Å². The summed E-state index contributed by atoms with van der Waals surface area (Å²) in [4.78, 5) is 12.3. The zero-order valence-electron chi connectivity index (χ0n) is 32.4. The molecule has 0 aromatic carbocycles. The summed E-state index contributed by atoms with van der Waals surface area (Å²) in [5.74, 6) is -0.158. The molecular weight excluding hydrogens is 594 g/mol. The molecule has 0 fully saturated rings. The van der Waals surface area contributed by atoms with E-state index < -0.39 is 18.2 Å². The Bertz CT molecular complexity index is 669. The Balaban J connectivity index is 3.53. The van der Waals surface area contributed by atoms with Crippen molar-refractivity contribution in [3.8, 4) is 0 Å². The molecule has 0 aliphatic rings. The molecule has 0 radical (unpaired) electrons. The van der Waals surface area contributed by atoms with Gasteiger partial charge in [0.05, 0.1) is 18.8 Å². The number of hydrogen-bond acceptors (Lipinski definition) is 4. The van der Waals surface area contributed by atoms with Crippen molar-refractivity contribution in [3.05, 3.63) is 12.2 Å². The largest absolute Gasteiger partial charge is 0.394 e. The first kappa shape index (κ1) is 47.1. The summed E-state index contributed by atoms with van der Waals surface area (Å²) in [5.41, 5.74) is 0. The van der Waals surface area contributed by atoms with Crippen LogP contribution in [0.25, 0.3) is 0 Å². The van der Waals surface area contributed by atoms with E-state index in [0.29, 0.717) is 12.8 Å². The molecule has 0 spiro atoms. The van der Waals surface area contributed by atoms with E-state index in [2.05, 4.69) is 31.3 Å². The molecule has 3 atom stereocenters. The van der Waals surface area contributed by atoms with E-state index in [1.807, 2.05) is 0 Å². The van der Waals surface area contributed by atoms with Gasteiger partial charge in [-0.15, -0.1) is 0 Å². The van der Waals surface area contributed by atoms with Crippen molar-refractivity contribution in [1.29, 1.82) is 0 Å². The SMILES string of the molecule is CCCC/C=C\CCCCCCC(=O)NC(CO)C(O)C(O)CCCCCCCCCCCCCCCCCCCCCCCCCC. The molecule has 5 nitrogen and oxygen atoms in total. The van der Waals surface area contributed by atoms with Gasteiger partial charge in [-0.3, -0.25) is 4.79 Å². The van der Waals surface area contributed by atoms with Crippen molar-refractivity contribution in [2.24, 2.45) is 0 Å². The number of nitrogens with one attached hydrogen (secondary N) is 1. The van der Waals surface area contributed by atoms with E-state index in [4.69, 9.17) is 0 Å². The van der Waals surface area contributed by atoms with Crippen LogP contribution in [0.15, 0.2) is 12.2 Å². The van der Waals surface area contributed by atoms with Crippen LogP contribution in [0, 0.1) is 0 Å². The van der Waals surface area contributed by atoms with Gasteiger partial charge in [0.1, 0.15) is 6.10 Å². The second-order valence-electron chi connectivity index (χ2n) is 14.9. The molecule has 0 bridgehead atoms. The van der Waals surface area contributed by atoms with Gasteiger partial charge in [-0.2, -0.15) is 0 Å². The molecule has 0 aliphatic carbocycles. The van der Waals surface area contributed by atoms with Crippen molar-refractivity contribution in [3.63, 3.8) is 0 Å². The van der Waals surface area contributed by atoms with E-state index in [9.17, 15) is 20.1 Å². The quantitative estimate of drug-likeness (QED) is 0.0384. The number of allylic oxidation sites excluding steroid dienone is 2. The highest BCUT2D eigenvalue weighted by Gasteiger charge is 2.26. The minimum atomic E-state index is -1.14. The molecule has 0 saturated heterocycles. The molecule has 0 saturated carbocycles. The Hall–Kier alpha value is -0.910. The Morgan fingerprint density at radius 1 is 0.500 bits per heavy atom. The average molecular weight is 680 g/mol. The van der Waals surface area contributed by atoms with Gasteiger partial charge in [0.15, 0.2) is 0 Å². The summed E-state index contributed by atoms with van der Waals surface area (Å²) >= 11 is 0. The fraction of sp³-hybridized carbons (Fsp3) is 0.930. The Morgan fingerprint density at radius 2 is 0.854 bits per heavy atom. The topological polar surface area (TPSA) is 89.8 Å². The third-order valence-electron chi connectivity index (χ3n) is 10.1. The number of carbonyl (C=O) groups is 1. The maximum absolute atomic E-state index is 12.3. The molecule has 1 amide bonds. The Morgan fingerprint density at radius 3 is 1.27 bits per heavy atom. The summed E-state index contributed by atoms with van der Waals surface area (Å²) in [5, 5.41) is 33.4. The highest BCUT2D eigenvalue weighted by Crippen LogP contribution is 2.17. The highest BCUT2D eigenvalue weighted by molar-refractivity contribution is 5.76. The first-order valence-electron chi connectivity index (χ1n) is 21.5. The minimum absolute atomic E-state index is 0.158. The van der Waals surface area contributed by atoms with Crippen LogP contribution in [0.2, 0.25) is 0 Å². The Kier molecular flexibility index (Phi) is 38.1. The molecule has 286 valence electrons. The van der Waals surface area contributed by atoms with Gasteiger partial charge in [-0.05, 0) is 32.1 Å². The third kappa shape index (κ3) is 33.6. The van der Waals surface area contributed by atoms with Crippen molar-refractivity contribution in [1.82, 2.24) is 5.32 Å². The first-order valence-corrected chi connectivity index (χ1v) is 21.5. The lowest BCUT2D eigenvalue weighted by Gasteiger charge is -2.26. The van der Waals surface area contributed by atoms with Crippen LogP contribution < -0.4 is 5.32 Å². The molecule has 4 N–H and O–H groups in total. The van der Waals surface area contributed by atoms with Crippen LogP contribution in [0.5, 0.6) is 0 Å². The predicted octanol–water partition coefficient (Wildman–Crippen LogP) is 12.0. The number of amides is 1. The number of hydrogen-bond donors (Lipinski definition) is 4. The lowest BCUT2D eigenvalue weighted by molar-refractivity contribution is -0.124. The minimum Gasteiger partial charge on any atom is -0.394 e. The molecule has 0 aromatic rings. The molecule has 5 heteroatoms. The summed E-state index contributed by atoms with van der Waals surface area (Å²) in [6.07, 6.45) is 44.8. The van der Waals surface area contributed by atoms with Crippen LogP contribution in [0.4, 0.5) is 0 Å². The van der Waals surface area contributed by atoms with Gasteiger partial charge in [0.2, 0.25) is 5.91 Å². The lowest BCUT2D eigenvalue weighted by Crippen LogP contribution is -2.50. The first-order chi connectivity index (χ1) is 23.6. The fourth-order valence-corrected chi connectivity index (χ4v) is 6.73. The number of rotatable bonds is 39. The average Bonchev–Trinajstić information content (AvgIpc) is 3.09. The molecular formula is C43H85NO4. The summed E-state index contributed by atoms with van der Waals surface area (Å²) in [6.45, 7) is 4.13. The molecule has 0 rings (SSSR count). The summed E-state index contributed by atoms with van der Waals surface area (Å²) in [7, 11) is 0. The second kappa shape index (κ2) is 38.9. The molecule has 0 aromatic heterocycles. The van der Waals surface area contributed by atoms with Crippen LogP contribution in [0.3, 0.4) is 0 Å². The van der Waals surface area contributed by atoms with Crippen LogP contribution in [0.1, 0.15) is 232 Å². The predicted molar refractivity (Wildman–Crippen MR) is 208 cm³/mol. The zero-order chi connectivity index (χ0) is 35.2. The maximum Gasteiger partial charge on any atom is 0.220 e. The van der Waals surface area contributed by atoms with Gasteiger partial charge >= 0.3 is 0 Å². The summed E-state index contributed by atoms with van der Waals surface area (Å²) < 4.78 is 0. The van der Waals surface area contributed by atoms with Gasteiger partial charge in [-0.25, -0.2) is 0 Å². The van der Waals surface area contributed by atoms with E-state index in [-0.39, 0.29) is 12.5 Å². The van der Waals surface area contributed by atoms with E-state index in [1.165, 1.54) is 154 Å². The van der Waals surface area contributed by atoms with E-state index >= 15 is 0 Å². The Labute approximate surface area is 299 Å². The van der Waals surface area contributed by atoms with Gasteiger partial charge < -0.3 is 20.6 Å². The second-order valence-corrected chi connectivity index (χ2v) is 14.9. The molecule has 0 aliphatic heterocycles. The van der Waals surface area contributed by atoms with Gasteiger partial charge in [0, 0.05) is 6.42 Å². The van der Waals surface area contributed by atoms with Gasteiger partial charge in [0.25, 0.3) is 0 Å². The van der Waals surface area contributed by atoms with E-state index in [0.717, 1.165) is 51.4 Å². The highest BCUT2D eigenvalue weighted by atomic mass is 16.3. The normalized spacial score (nSPS) is 13.7. The number of aliphatic hydroxyl groups excluding tert-OH is 3. The number of aliphatic hydroxyl groups is 3. The monoisotopic (exact) mass is 680 g/mol. The molecule has 3 unspecified atom stereocenters. The van der Waals surface area contributed by atoms with Gasteiger partial charge in [-0.1, -0.05) is 206 Å². The standard InChI is InChI=1S/C43H85NO4/c1-3-5-7-9-11-13-15-16-17-18-19-20-21-22-23-24-25-26-27-28-29-31-33-35-37-41(46)43(48)40(39-45)44-42(47)38-36-34-32-30-14-12-10-8-6-4-2/h10,12,40-41,43,45-46,48H,3-9,11,13-39H2,1-2H3,(H,44,47)/b12-10-. The van der Waals surface area contributed by atoms with Crippen LogP contribution in [-0.2, 0) is 4.79 Å². The maximum atomic E-state index is 12.3. The molecule has 48 heavy (non-hydrogen) atoms. The molecule has 0 heterocycles. The van der Waals surface area contributed by atoms with Crippen LogP contribution >= 0.6 is 0 Å². The zero-order valence-corrected chi connectivity index (χ0v) is 32.4.